The fraction of sp³-hybridized carbons (Fsp3) is 0.429. The first-order valence-electron chi connectivity index (χ1n) is 6.54. The predicted octanol–water partition coefficient (Wildman–Crippen LogP) is 3.57. The second-order valence-corrected chi connectivity index (χ2v) is 6.86. The van der Waals surface area contributed by atoms with E-state index in [1.165, 1.54) is 18.4 Å². The van der Waals surface area contributed by atoms with Crippen LogP contribution in [-0.2, 0) is 6.42 Å². The molecule has 1 heterocycles. The maximum Gasteiger partial charge on any atom is 0.147 e. The van der Waals surface area contributed by atoms with Gasteiger partial charge in [0.1, 0.15) is 10.0 Å². The number of benzene rings is 1. The molecule has 1 fully saturated rings. The minimum Gasteiger partial charge on any atom is -0.314 e. The van der Waals surface area contributed by atoms with Gasteiger partial charge >= 0.3 is 0 Å². The molecule has 1 aliphatic rings. The van der Waals surface area contributed by atoms with Crippen LogP contribution in [-0.4, -0.2) is 22.8 Å². The summed E-state index contributed by atoms with van der Waals surface area (Å²) in [6.45, 7) is 3.10. The van der Waals surface area contributed by atoms with E-state index in [9.17, 15) is 0 Å². The summed E-state index contributed by atoms with van der Waals surface area (Å²) in [5.74, 6) is 0. The molecule has 0 amide bonds. The van der Waals surface area contributed by atoms with Gasteiger partial charge in [-0.05, 0) is 31.4 Å². The third kappa shape index (κ3) is 3.41. The van der Waals surface area contributed by atoms with Gasteiger partial charge in [0.15, 0.2) is 0 Å². The molecule has 0 atom stereocenters. The molecular formula is C14H16BrN3S. The van der Waals surface area contributed by atoms with E-state index in [4.69, 9.17) is 0 Å². The van der Waals surface area contributed by atoms with E-state index in [1.807, 2.05) is 0 Å². The van der Waals surface area contributed by atoms with Gasteiger partial charge in [0.2, 0.25) is 0 Å². The molecule has 0 spiro atoms. The molecule has 0 radical (unpaired) electrons. The van der Waals surface area contributed by atoms with Crippen molar-refractivity contribution in [2.24, 2.45) is 0 Å². The van der Waals surface area contributed by atoms with Gasteiger partial charge < -0.3 is 5.32 Å². The molecule has 5 heteroatoms. The molecule has 1 N–H and O–H groups in total. The minimum absolute atomic E-state index is 0.764. The van der Waals surface area contributed by atoms with Crippen LogP contribution in [0.15, 0.2) is 22.7 Å². The van der Waals surface area contributed by atoms with Crippen molar-refractivity contribution in [2.75, 3.05) is 6.54 Å². The number of halogens is 1. The van der Waals surface area contributed by atoms with Gasteiger partial charge in [0.25, 0.3) is 0 Å². The Morgan fingerprint density at radius 3 is 2.95 bits per heavy atom. The normalized spacial score (nSPS) is 14.8. The fourth-order valence-electron chi connectivity index (χ4n) is 1.87. The van der Waals surface area contributed by atoms with E-state index >= 15 is 0 Å². The Kier molecular flexibility index (Phi) is 3.96. The van der Waals surface area contributed by atoms with Gasteiger partial charge in [-0.15, -0.1) is 10.2 Å². The summed E-state index contributed by atoms with van der Waals surface area (Å²) in [5.41, 5.74) is 2.37. The van der Waals surface area contributed by atoms with Crippen LogP contribution >= 0.6 is 27.3 Å². The highest BCUT2D eigenvalue weighted by Crippen LogP contribution is 2.28. The number of nitrogens with one attached hydrogen (secondary N) is 1. The lowest BCUT2D eigenvalue weighted by atomic mass is 10.2. The molecule has 1 saturated carbocycles. The minimum atomic E-state index is 0.764. The number of hydrogen-bond donors (Lipinski definition) is 1. The van der Waals surface area contributed by atoms with Crippen molar-refractivity contribution in [3.8, 4) is 10.6 Å². The first-order chi connectivity index (χ1) is 9.22. The lowest BCUT2D eigenvalue weighted by Gasteiger charge is -2.00. The van der Waals surface area contributed by atoms with Crippen molar-refractivity contribution in [1.82, 2.24) is 15.5 Å². The molecule has 0 unspecified atom stereocenters. The van der Waals surface area contributed by atoms with Crippen LogP contribution in [0, 0.1) is 6.92 Å². The first kappa shape index (κ1) is 13.2. The summed E-state index contributed by atoms with van der Waals surface area (Å²) in [5, 5.41) is 14.2. The molecule has 100 valence electrons. The van der Waals surface area contributed by atoms with E-state index in [0.29, 0.717) is 0 Å². The monoisotopic (exact) mass is 337 g/mol. The summed E-state index contributed by atoms with van der Waals surface area (Å²) in [6, 6.07) is 7.09. The Bertz CT molecular complexity index is 578. The Labute approximate surface area is 125 Å². The highest BCUT2D eigenvalue weighted by atomic mass is 79.9. The molecule has 0 bridgehead atoms. The van der Waals surface area contributed by atoms with E-state index < -0.39 is 0 Å². The molecule has 0 saturated heterocycles. The average molecular weight is 338 g/mol. The zero-order chi connectivity index (χ0) is 13.2. The van der Waals surface area contributed by atoms with Crippen molar-refractivity contribution in [2.45, 2.75) is 32.2 Å². The van der Waals surface area contributed by atoms with Crippen molar-refractivity contribution >= 4 is 27.3 Å². The average Bonchev–Trinajstić information content (AvgIpc) is 3.10. The number of hydrogen-bond acceptors (Lipinski definition) is 4. The molecule has 0 aliphatic heterocycles. The summed E-state index contributed by atoms with van der Waals surface area (Å²) in [7, 11) is 0. The van der Waals surface area contributed by atoms with Gasteiger partial charge in [-0.3, -0.25) is 0 Å². The van der Waals surface area contributed by atoms with Crippen LogP contribution in [0.2, 0.25) is 0 Å². The number of rotatable bonds is 5. The Morgan fingerprint density at radius 2 is 2.21 bits per heavy atom. The maximum atomic E-state index is 4.29. The number of nitrogens with zero attached hydrogens (tertiary/aromatic N) is 2. The second-order valence-electron chi connectivity index (χ2n) is 4.94. The smallest absolute Gasteiger partial charge is 0.147 e. The van der Waals surface area contributed by atoms with Gasteiger partial charge in [-0.1, -0.05) is 39.4 Å². The predicted molar refractivity (Wildman–Crippen MR) is 82.5 cm³/mol. The van der Waals surface area contributed by atoms with E-state index in [0.717, 1.165) is 39.1 Å². The topological polar surface area (TPSA) is 37.8 Å². The molecule has 1 aromatic carbocycles. The van der Waals surface area contributed by atoms with E-state index in [2.05, 4.69) is 56.6 Å². The SMILES string of the molecule is Cc1ccc(-c2nnc(CCNC3CC3)s2)cc1Br. The second kappa shape index (κ2) is 5.69. The molecule has 1 aromatic heterocycles. The largest absolute Gasteiger partial charge is 0.314 e. The highest BCUT2D eigenvalue weighted by Gasteiger charge is 2.19. The Balaban J connectivity index is 1.67. The van der Waals surface area contributed by atoms with Crippen molar-refractivity contribution in [3.63, 3.8) is 0 Å². The van der Waals surface area contributed by atoms with Crippen LogP contribution in [0.3, 0.4) is 0 Å². The Morgan fingerprint density at radius 1 is 1.37 bits per heavy atom. The van der Waals surface area contributed by atoms with E-state index in [-0.39, 0.29) is 0 Å². The fourth-order valence-corrected chi connectivity index (χ4v) is 3.08. The van der Waals surface area contributed by atoms with Crippen LogP contribution in [0.1, 0.15) is 23.4 Å². The van der Waals surface area contributed by atoms with Crippen LogP contribution in [0.5, 0.6) is 0 Å². The summed E-state index contributed by atoms with van der Waals surface area (Å²) >= 11 is 5.25. The first-order valence-corrected chi connectivity index (χ1v) is 8.15. The van der Waals surface area contributed by atoms with Gasteiger partial charge in [0, 0.05) is 29.0 Å². The number of aryl methyl sites for hydroxylation is 1. The van der Waals surface area contributed by atoms with E-state index in [1.54, 1.807) is 11.3 Å². The molecule has 1 aliphatic carbocycles. The van der Waals surface area contributed by atoms with Crippen LogP contribution in [0.4, 0.5) is 0 Å². The van der Waals surface area contributed by atoms with Crippen molar-refractivity contribution in [3.05, 3.63) is 33.2 Å². The third-order valence-electron chi connectivity index (χ3n) is 3.23. The van der Waals surface area contributed by atoms with Crippen molar-refractivity contribution in [1.29, 1.82) is 0 Å². The highest BCUT2D eigenvalue weighted by molar-refractivity contribution is 9.10. The van der Waals surface area contributed by atoms with Crippen LogP contribution < -0.4 is 5.32 Å². The summed E-state index contributed by atoms with van der Waals surface area (Å²) in [4.78, 5) is 0. The quantitative estimate of drug-likeness (QED) is 0.906. The summed E-state index contributed by atoms with van der Waals surface area (Å²) in [6.07, 6.45) is 3.64. The van der Waals surface area contributed by atoms with Crippen molar-refractivity contribution < 1.29 is 0 Å². The van der Waals surface area contributed by atoms with Gasteiger partial charge in [-0.2, -0.15) is 0 Å². The molecular weight excluding hydrogens is 322 g/mol. The van der Waals surface area contributed by atoms with Crippen LogP contribution in [0.25, 0.3) is 10.6 Å². The molecule has 3 rings (SSSR count). The maximum absolute atomic E-state index is 4.29. The standard InChI is InChI=1S/C14H16BrN3S/c1-9-2-3-10(8-12(9)15)14-18-17-13(19-14)6-7-16-11-4-5-11/h2-3,8,11,16H,4-7H2,1H3. The zero-order valence-electron chi connectivity index (χ0n) is 10.8. The Hall–Kier alpha value is -0.780. The number of aromatic nitrogens is 2. The lowest BCUT2D eigenvalue weighted by Crippen LogP contribution is -2.19. The molecule has 2 aromatic rings. The zero-order valence-corrected chi connectivity index (χ0v) is 13.2. The molecule has 19 heavy (non-hydrogen) atoms. The molecule has 3 nitrogen and oxygen atoms in total. The lowest BCUT2D eigenvalue weighted by molar-refractivity contribution is 0.677. The van der Waals surface area contributed by atoms with Gasteiger partial charge in [-0.25, -0.2) is 0 Å². The third-order valence-corrected chi connectivity index (χ3v) is 5.12. The van der Waals surface area contributed by atoms with Gasteiger partial charge in [0.05, 0.1) is 0 Å². The summed E-state index contributed by atoms with van der Waals surface area (Å²) < 4.78 is 1.12.